The van der Waals surface area contributed by atoms with Gasteiger partial charge < -0.3 is 0 Å². The second-order valence-electron chi connectivity index (χ2n) is 0. The van der Waals surface area contributed by atoms with Gasteiger partial charge in [-0.05, 0) is 0 Å². The Labute approximate surface area is 135 Å². The maximum absolute atomic E-state index is 0. The van der Waals surface area contributed by atoms with Crippen molar-refractivity contribution in [1.29, 1.82) is 0 Å². The quantitative estimate of drug-likeness (QED) is 0.242. The van der Waals surface area contributed by atoms with Gasteiger partial charge in [-0.25, -0.2) is 0 Å². The van der Waals surface area contributed by atoms with Gasteiger partial charge in [-0.1, -0.05) is 0 Å². The molecule has 0 heterocycles. The summed E-state index contributed by atoms with van der Waals surface area (Å²) in [6, 6.07) is 0. The van der Waals surface area contributed by atoms with Crippen LogP contribution in [0.4, 0.5) is 0 Å². The molecule has 0 saturated heterocycles. The minimum atomic E-state index is 0. The summed E-state index contributed by atoms with van der Waals surface area (Å²) in [6.45, 7) is 0. The third kappa shape index (κ3) is 23.5. The molecule has 6 heteroatoms. The molecule has 0 fully saturated rings. The first-order chi connectivity index (χ1) is 0. The molecule has 0 aromatic rings. The number of hydrogen-bond donors (Lipinski definition) is 0. The van der Waals surface area contributed by atoms with Gasteiger partial charge in [-0.15, -0.1) is 0 Å². The summed E-state index contributed by atoms with van der Waals surface area (Å²) in [6.07, 6.45) is 0. The van der Waals surface area contributed by atoms with E-state index in [1.165, 1.54) is 0 Å². The molecule has 0 aliphatic rings. The molecule has 0 nitrogen and oxygen atoms in total. The first kappa shape index (κ1) is 46.4. The summed E-state index contributed by atoms with van der Waals surface area (Å²) in [5, 5.41) is 0. The van der Waals surface area contributed by atoms with Crippen LogP contribution in [-0.2, 0) is 88.2 Å². The molecule has 1 radical (unpaired) electrons. The molecule has 0 amide bonds. The molecule has 6 heavy (non-hydrogen) atoms. The van der Waals surface area contributed by atoms with Crippen molar-refractivity contribution in [3.8, 4) is 0 Å². The van der Waals surface area contributed by atoms with Crippen molar-refractivity contribution < 1.29 is 88.2 Å². The van der Waals surface area contributed by atoms with Gasteiger partial charge in [0.15, 0.2) is 0 Å². The van der Waals surface area contributed by atoms with Crippen LogP contribution in [0.25, 0.3) is 0 Å². The normalized spacial score (nSPS) is 0. The Bertz CT molecular complexity index is 15.5. The summed E-state index contributed by atoms with van der Waals surface area (Å²) >= 11 is 0. The Morgan fingerprint density at radius 2 is 1.00 bits per heavy atom. The van der Waals surface area contributed by atoms with Crippen LogP contribution in [0.15, 0.2) is 0 Å². The summed E-state index contributed by atoms with van der Waals surface area (Å²) in [7, 11) is 0. The first-order valence-electron chi connectivity index (χ1n) is 0. The zero-order chi connectivity index (χ0) is 0. The van der Waals surface area contributed by atoms with Gasteiger partial charge in [0, 0.05) is 88.2 Å². The summed E-state index contributed by atoms with van der Waals surface area (Å²) in [5.74, 6) is 0. The molecule has 0 aromatic carbocycles. The molecule has 0 aliphatic heterocycles. The van der Waals surface area contributed by atoms with E-state index in [9.17, 15) is 0 Å². The topological polar surface area (TPSA) is 0 Å². The van der Waals surface area contributed by atoms with Crippen molar-refractivity contribution in [2.45, 2.75) is 0 Å². The maximum atomic E-state index is 0. The molecule has 0 bridgehead atoms. The fourth-order valence-electron chi connectivity index (χ4n) is 0. The second kappa shape index (κ2) is 33.7. The zero-order valence-electron chi connectivity index (χ0n) is 3.48. The van der Waals surface area contributed by atoms with E-state index in [2.05, 4.69) is 0 Å². The predicted molar refractivity (Wildman–Crippen MR) is 19.9 cm³/mol. The Balaban J connectivity index is 0. The second-order valence-corrected chi connectivity index (χ2v) is 0. The van der Waals surface area contributed by atoms with Gasteiger partial charge in [0.25, 0.3) is 0 Å². The van der Waals surface area contributed by atoms with Gasteiger partial charge in [0.1, 0.15) is 0 Å². The number of hydrogen-bond acceptors (Lipinski definition) is 0. The molecule has 0 aliphatic carbocycles. The zero-order valence-corrected chi connectivity index (χ0v) is 24.6. The monoisotopic (exact) mass is 769 g/mol. The van der Waals surface area contributed by atoms with Crippen LogP contribution in [0.3, 0.4) is 0 Å². The molecular weight excluding hydrogens is 761 g/mol. The van der Waals surface area contributed by atoms with Crippen LogP contribution >= 0.6 is 0 Å². The standard InChI is InChI=1S/Bi.Cd.Co.Hg.Ni.Sb.6H. The molecule has 0 unspecified atom stereocenters. The fourth-order valence-corrected chi connectivity index (χ4v) is 0. The Hall–Kier alpha value is 4.56. The number of rotatable bonds is 0. The van der Waals surface area contributed by atoms with Gasteiger partial charge in [-0.2, -0.15) is 0 Å². The minimum absolute atomic E-state index is 0. The van der Waals surface area contributed by atoms with E-state index in [-0.39, 0.29) is 139 Å². The molecular formula is H6BiCdCoHgNiSb. The van der Waals surface area contributed by atoms with Gasteiger partial charge in [0.05, 0.1) is 0 Å². The van der Waals surface area contributed by atoms with Crippen LogP contribution in [0, 0.1) is 0 Å². The Morgan fingerprint density at radius 3 is 1.00 bits per heavy atom. The third-order valence-electron chi connectivity index (χ3n) is 0. The summed E-state index contributed by atoms with van der Waals surface area (Å²) in [5.41, 5.74) is 0. The average Bonchev–Trinajstić information content (AvgIpc) is 0. The van der Waals surface area contributed by atoms with Crippen LogP contribution in [0.5, 0.6) is 0 Å². The molecule has 0 rings (SSSR count). The van der Waals surface area contributed by atoms with Crippen LogP contribution in [-0.4, -0.2) is 50.6 Å². The van der Waals surface area contributed by atoms with Crippen LogP contribution < -0.4 is 0 Å². The van der Waals surface area contributed by atoms with Gasteiger partial charge in [-0.3, -0.25) is 0 Å². The molecule has 0 N–H and O–H groups in total. The Kier molecular flexibility index (Phi) is 261. The molecule has 0 aromatic heterocycles. The van der Waals surface area contributed by atoms with E-state index in [4.69, 9.17) is 0 Å². The van der Waals surface area contributed by atoms with E-state index < -0.39 is 0 Å². The van der Waals surface area contributed by atoms with Gasteiger partial charge >= 0.3 is 50.6 Å². The molecule has 0 saturated carbocycles. The fraction of sp³-hybridized carbons (Fsp3) is 0. The molecule has 0 atom stereocenters. The van der Waals surface area contributed by atoms with Crippen molar-refractivity contribution in [3.05, 3.63) is 0 Å². The van der Waals surface area contributed by atoms with E-state index in [0.29, 0.717) is 0 Å². The van der Waals surface area contributed by atoms with E-state index in [0.717, 1.165) is 0 Å². The van der Waals surface area contributed by atoms with Crippen LogP contribution in [0.2, 0.25) is 0 Å². The summed E-state index contributed by atoms with van der Waals surface area (Å²) < 4.78 is 0. The summed E-state index contributed by atoms with van der Waals surface area (Å²) in [4.78, 5) is 0. The van der Waals surface area contributed by atoms with Crippen molar-refractivity contribution in [3.63, 3.8) is 0 Å². The van der Waals surface area contributed by atoms with Gasteiger partial charge in [0.2, 0.25) is 0 Å². The average molecular weight is 767 g/mol. The SMILES string of the molecule is [BiH3].[Cd].[Co].[Hg].[Ni].[SbH3]. The van der Waals surface area contributed by atoms with Crippen molar-refractivity contribution in [2.24, 2.45) is 0 Å². The van der Waals surface area contributed by atoms with E-state index >= 15 is 0 Å². The van der Waals surface area contributed by atoms with Crippen molar-refractivity contribution >= 4 is 50.6 Å². The molecule has 39 valence electrons. The Morgan fingerprint density at radius 1 is 1.00 bits per heavy atom. The van der Waals surface area contributed by atoms with Crippen LogP contribution in [0.1, 0.15) is 0 Å². The third-order valence-corrected chi connectivity index (χ3v) is 0. The van der Waals surface area contributed by atoms with E-state index in [1.807, 2.05) is 0 Å². The first-order valence-corrected chi connectivity index (χ1v) is 0. The predicted octanol–water partition coefficient (Wildman–Crippen LogP) is -2.38. The molecule has 0 spiro atoms. The van der Waals surface area contributed by atoms with E-state index in [1.54, 1.807) is 0 Å². The van der Waals surface area contributed by atoms with Crippen molar-refractivity contribution in [1.82, 2.24) is 0 Å². The van der Waals surface area contributed by atoms with Crippen molar-refractivity contribution in [2.75, 3.05) is 0 Å².